The molecule has 13 heavy (non-hydrogen) atoms. The van der Waals surface area contributed by atoms with E-state index >= 15 is 0 Å². The van der Waals surface area contributed by atoms with E-state index in [1.807, 2.05) is 13.8 Å². The van der Waals surface area contributed by atoms with E-state index in [4.69, 9.17) is 8.85 Å². The Balaban J connectivity index is 2.67. The minimum Gasteiger partial charge on any atom is -0.410 e. The second-order valence-electron chi connectivity index (χ2n) is 2.76. The predicted molar refractivity (Wildman–Crippen MR) is 51.0 cm³/mol. The van der Waals surface area contributed by atoms with Crippen molar-refractivity contribution in [2.75, 3.05) is 6.98 Å². The lowest BCUT2D eigenvalue weighted by Crippen LogP contribution is -2.22. The maximum absolute atomic E-state index is 11.1. The van der Waals surface area contributed by atoms with Gasteiger partial charge in [-0.25, -0.2) is 4.79 Å². The maximum Gasteiger partial charge on any atom is 0.412 e. The largest absolute Gasteiger partial charge is 0.412 e. The maximum atomic E-state index is 11.1. The quantitative estimate of drug-likeness (QED) is 0.721. The van der Waals surface area contributed by atoms with E-state index in [2.05, 4.69) is 0 Å². The highest BCUT2D eigenvalue weighted by molar-refractivity contribution is 5.69. The highest BCUT2D eigenvalue weighted by Crippen LogP contribution is 2.16. The van der Waals surface area contributed by atoms with Crippen molar-refractivity contribution in [2.45, 2.75) is 13.8 Å². The zero-order valence-electron chi connectivity index (χ0n) is 10.5. The van der Waals surface area contributed by atoms with Gasteiger partial charge in [0.15, 0.2) is 0 Å². The van der Waals surface area contributed by atoms with Crippen LogP contribution in [0.4, 0.5) is 4.79 Å². The Morgan fingerprint density at radius 3 is 2.85 bits per heavy atom. The van der Waals surface area contributed by atoms with Crippen LogP contribution < -0.4 is 10.1 Å². The van der Waals surface area contributed by atoms with Crippen molar-refractivity contribution in [2.24, 2.45) is 0 Å². The summed E-state index contributed by atoms with van der Waals surface area (Å²) in [6.45, 7) is 1.28. The number of ether oxygens (including phenoxy) is 1. The number of hydrogen-bond donors (Lipinski definition) is 1. The fraction of sp³-hybridized carbons (Fsp3) is 0.300. The molecule has 1 aromatic carbocycles. The molecule has 0 saturated heterocycles. The zero-order valence-corrected chi connectivity index (χ0v) is 7.55. The molecule has 3 nitrogen and oxygen atoms in total. The number of carbonyl (C=O) groups is 1. The zero-order chi connectivity index (χ0) is 12.3. The smallest absolute Gasteiger partial charge is 0.410 e. The molecule has 0 heterocycles. The van der Waals surface area contributed by atoms with E-state index in [0.717, 1.165) is 11.1 Å². The highest BCUT2D eigenvalue weighted by atomic mass is 16.5. The minimum absolute atomic E-state index is 0.324. The van der Waals surface area contributed by atoms with Crippen molar-refractivity contribution in [1.82, 2.24) is 5.32 Å². The Kier molecular flexibility index (Phi) is 1.82. The number of benzene rings is 1. The van der Waals surface area contributed by atoms with E-state index in [9.17, 15) is 4.79 Å². The lowest BCUT2D eigenvalue weighted by Gasteiger charge is -2.05. The number of amides is 1. The Bertz CT molecular complexity index is 402. The Labute approximate surface area is 81.9 Å². The lowest BCUT2D eigenvalue weighted by atomic mass is 10.1. The van der Waals surface area contributed by atoms with Crippen molar-refractivity contribution in [3.05, 3.63) is 29.3 Å². The van der Waals surface area contributed by atoms with E-state index in [1.165, 1.54) is 0 Å². The van der Waals surface area contributed by atoms with Crippen molar-refractivity contribution >= 4 is 6.09 Å². The second-order valence-corrected chi connectivity index (χ2v) is 2.76. The van der Waals surface area contributed by atoms with Gasteiger partial charge in [-0.05, 0) is 37.1 Å². The summed E-state index contributed by atoms with van der Waals surface area (Å²) >= 11 is 0. The third-order valence-corrected chi connectivity index (χ3v) is 1.79. The van der Waals surface area contributed by atoms with Crippen molar-refractivity contribution < 1.29 is 13.6 Å². The molecule has 0 aliphatic carbocycles. The topological polar surface area (TPSA) is 38.3 Å². The molecule has 1 aromatic rings. The summed E-state index contributed by atoms with van der Waals surface area (Å²) < 4.78 is 25.3. The van der Waals surface area contributed by atoms with Gasteiger partial charge in [0, 0.05) is 11.1 Å². The molecule has 1 rings (SSSR count). The van der Waals surface area contributed by atoms with Gasteiger partial charge in [0.25, 0.3) is 0 Å². The molecule has 0 fully saturated rings. The number of hydrogen-bond acceptors (Lipinski definition) is 2. The first kappa shape index (κ1) is 6.02. The van der Waals surface area contributed by atoms with Crippen LogP contribution in [0.1, 0.15) is 15.2 Å². The van der Waals surface area contributed by atoms with Crippen LogP contribution in [0.2, 0.25) is 0 Å². The lowest BCUT2D eigenvalue weighted by molar-refractivity contribution is 0.203. The van der Waals surface area contributed by atoms with Crippen LogP contribution in [0.25, 0.3) is 0 Å². The van der Waals surface area contributed by atoms with E-state index in [1.54, 1.807) is 23.5 Å². The van der Waals surface area contributed by atoms with Crippen molar-refractivity contribution in [3.8, 4) is 5.75 Å². The van der Waals surface area contributed by atoms with E-state index in [-0.39, 0.29) is 0 Å². The summed E-state index contributed by atoms with van der Waals surface area (Å²) in [5.74, 6) is 0.324. The summed E-state index contributed by atoms with van der Waals surface area (Å²) in [6, 6.07) is 5.09. The Morgan fingerprint density at radius 2 is 2.23 bits per heavy atom. The second kappa shape index (κ2) is 3.94. The van der Waals surface area contributed by atoms with Gasteiger partial charge in [-0.1, -0.05) is 6.07 Å². The van der Waals surface area contributed by atoms with E-state index in [0.29, 0.717) is 5.75 Å². The Hall–Kier alpha value is -1.51. The van der Waals surface area contributed by atoms with Gasteiger partial charge in [-0.15, -0.1) is 0 Å². The Morgan fingerprint density at radius 1 is 1.46 bits per heavy atom. The van der Waals surface area contributed by atoms with Crippen molar-refractivity contribution in [3.63, 3.8) is 0 Å². The molecule has 0 atom stereocenters. The third-order valence-electron chi connectivity index (χ3n) is 1.79. The third kappa shape index (κ3) is 2.47. The van der Waals surface area contributed by atoms with Gasteiger partial charge >= 0.3 is 6.09 Å². The molecule has 1 amide bonds. The van der Waals surface area contributed by atoms with Crippen LogP contribution in [0, 0.1) is 13.8 Å². The number of carbonyl (C=O) groups excluding carboxylic acids is 1. The molecule has 0 bridgehead atoms. The first-order valence-electron chi connectivity index (χ1n) is 5.35. The first-order valence-corrected chi connectivity index (χ1v) is 3.85. The van der Waals surface area contributed by atoms with Gasteiger partial charge in [0.2, 0.25) is 0 Å². The van der Waals surface area contributed by atoms with Crippen LogP contribution in [-0.4, -0.2) is 13.1 Å². The van der Waals surface area contributed by atoms with E-state index < -0.39 is 13.1 Å². The molecule has 0 aliphatic heterocycles. The summed E-state index contributed by atoms with van der Waals surface area (Å²) in [5, 5.41) is 1.74. The number of rotatable bonds is 1. The molecule has 0 spiro atoms. The summed E-state index contributed by atoms with van der Waals surface area (Å²) in [6.07, 6.45) is -0.983. The van der Waals surface area contributed by atoms with Gasteiger partial charge in [-0.3, -0.25) is 0 Å². The highest BCUT2D eigenvalue weighted by Gasteiger charge is 2.01. The molecule has 70 valence electrons. The van der Waals surface area contributed by atoms with Crippen LogP contribution in [0.5, 0.6) is 5.75 Å². The predicted octanol–water partition coefficient (Wildman–Crippen LogP) is 2.02. The summed E-state index contributed by atoms with van der Waals surface area (Å²) in [4.78, 5) is 11.1. The van der Waals surface area contributed by atoms with Gasteiger partial charge in [0.1, 0.15) is 5.75 Å². The van der Waals surface area contributed by atoms with Crippen LogP contribution >= 0.6 is 0 Å². The summed E-state index contributed by atoms with van der Waals surface area (Å²) in [7, 11) is 0. The monoisotopic (exact) mass is 182 g/mol. The van der Waals surface area contributed by atoms with Crippen LogP contribution in [-0.2, 0) is 0 Å². The average Bonchev–Trinajstić information content (AvgIpc) is 2.08. The summed E-state index contributed by atoms with van der Waals surface area (Å²) in [5.41, 5.74) is 2.04. The number of aryl methyl sites for hydroxylation is 2. The molecule has 0 radical (unpaired) electrons. The molecular weight excluding hydrogens is 166 g/mol. The molecule has 0 aromatic heterocycles. The molecule has 0 unspecified atom stereocenters. The molecule has 3 heteroatoms. The van der Waals surface area contributed by atoms with Crippen LogP contribution in [0.3, 0.4) is 0 Å². The standard InChI is InChI=1S/C10H13NO2/c1-7-4-5-9(6-8(7)2)13-10(12)11-3/h4-6H,1-3H3,(H,11,12)/i3D3. The fourth-order valence-electron chi connectivity index (χ4n) is 0.910. The van der Waals surface area contributed by atoms with Crippen molar-refractivity contribution in [1.29, 1.82) is 0 Å². The fourth-order valence-corrected chi connectivity index (χ4v) is 0.910. The first-order chi connectivity index (χ1) is 7.28. The van der Waals surface area contributed by atoms with Crippen LogP contribution in [0.15, 0.2) is 18.2 Å². The molecular formula is C10H13NO2. The normalized spacial score (nSPS) is 13.8. The minimum atomic E-state index is -2.53. The average molecular weight is 182 g/mol. The molecule has 0 saturated carbocycles. The SMILES string of the molecule is [2H]C([2H])([2H])NC(=O)Oc1ccc(C)c(C)c1. The van der Waals surface area contributed by atoms with Gasteiger partial charge in [0.05, 0.1) is 0 Å². The van der Waals surface area contributed by atoms with Gasteiger partial charge in [-0.2, -0.15) is 0 Å². The number of nitrogens with one attached hydrogen (secondary N) is 1. The molecule has 0 aliphatic rings. The molecule has 1 N–H and O–H groups in total. The van der Waals surface area contributed by atoms with Gasteiger partial charge < -0.3 is 10.1 Å².